The normalized spacial score (nSPS) is 27.3. The maximum Gasteiger partial charge on any atom is 0.237 e. The number of halogens is 2. The molecule has 4 rings (SSSR count). The van der Waals surface area contributed by atoms with E-state index in [1.807, 2.05) is 12.1 Å². The summed E-state index contributed by atoms with van der Waals surface area (Å²) >= 11 is 0. The first-order chi connectivity index (χ1) is 13.3. The number of benzene rings is 1. The number of nitrogens with one attached hydrogen (secondary N) is 2. The predicted octanol–water partition coefficient (Wildman–Crippen LogP) is 3.71. The molecule has 7 heteroatoms. The van der Waals surface area contributed by atoms with Crippen LogP contribution in [0.2, 0.25) is 0 Å². The van der Waals surface area contributed by atoms with Gasteiger partial charge in [-0.15, -0.1) is 24.8 Å². The van der Waals surface area contributed by atoms with Gasteiger partial charge < -0.3 is 15.4 Å². The van der Waals surface area contributed by atoms with E-state index in [9.17, 15) is 4.79 Å². The number of hydrogen-bond donors (Lipinski definition) is 2. The van der Waals surface area contributed by atoms with Crippen LogP contribution in [0.5, 0.6) is 5.75 Å². The second-order valence-corrected chi connectivity index (χ2v) is 8.35. The van der Waals surface area contributed by atoms with Crippen molar-refractivity contribution in [1.29, 1.82) is 0 Å². The Hall–Kier alpha value is -1.01. The van der Waals surface area contributed by atoms with Gasteiger partial charge in [0.1, 0.15) is 5.75 Å². The van der Waals surface area contributed by atoms with Crippen molar-refractivity contribution in [3.63, 3.8) is 0 Å². The summed E-state index contributed by atoms with van der Waals surface area (Å²) in [6.45, 7) is 2.82. The molecule has 4 atom stereocenters. The quantitative estimate of drug-likeness (QED) is 0.703. The fraction of sp³-hybridized carbons (Fsp3) is 0.682. The molecule has 2 N–H and O–H groups in total. The molecule has 4 unspecified atom stereocenters. The SMILES string of the molecule is COc1ccccc1C(CNC(=O)C1CC2CCCCC2N1)N1CCCC1.Cl.Cl. The number of hydrogen-bond acceptors (Lipinski definition) is 4. The van der Waals surface area contributed by atoms with Crippen molar-refractivity contribution in [2.24, 2.45) is 5.92 Å². The molecule has 5 nitrogen and oxygen atoms in total. The molecule has 29 heavy (non-hydrogen) atoms. The molecule has 1 saturated carbocycles. The molecular formula is C22H35Cl2N3O2. The van der Waals surface area contributed by atoms with E-state index >= 15 is 0 Å². The minimum Gasteiger partial charge on any atom is -0.496 e. The van der Waals surface area contributed by atoms with Gasteiger partial charge in [0.15, 0.2) is 0 Å². The molecule has 3 fully saturated rings. The average molecular weight is 444 g/mol. The standard InChI is InChI=1S/C22H33N3O2.2ClH/c1-27-21-11-5-3-9-17(21)20(25-12-6-7-13-25)15-23-22(26)19-14-16-8-2-4-10-18(16)24-19;;/h3,5,9,11,16,18-20,24H,2,4,6-8,10,12-15H2,1H3,(H,23,26);2*1H. The third-order valence-corrected chi connectivity index (χ3v) is 6.73. The van der Waals surface area contributed by atoms with E-state index in [2.05, 4.69) is 27.7 Å². The van der Waals surface area contributed by atoms with Crippen molar-refractivity contribution in [2.75, 3.05) is 26.7 Å². The third kappa shape index (κ3) is 5.57. The zero-order valence-electron chi connectivity index (χ0n) is 17.3. The van der Waals surface area contributed by atoms with Gasteiger partial charge in [-0.3, -0.25) is 9.69 Å². The number of carbonyl (C=O) groups is 1. The Morgan fingerprint density at radius 1 is 1.17 bits per heavy atom. The number of para-hydroxylation sites is 1. The van der Waals surface area contributed by atoms with Crippen LogP contribution >= 0.6 is 24.8 Å². The first-order valence-corrected chi connectivity index (χ1v) is 10.7. The van der Waals surface area contributed by atoms with E-state index in [0.717, 1.165) is 25.3 Å². The van der Waals surface area contributed by atoms with Gasteiger partial charge in [-0.25, -0.2) is 0 Å². The smallest absolute Gasteiger partial charge is 0.237 e. The van der Waals surface area contributed by atoms with E-state index in [4.69, 9.17) is 4.74 Å². The van der Waals surface area contributed by atoms with Crippen LogP contribution in [-0.4, -0.2) is 49.6 Å². The molecule has 164 valence electrons. The highest BCUT2D eigenvalue weighted by atomic mass is 35.5. The second kappa shape index (κ2) is 11.4. The summed E-state index contributed by atoms with van der Waals surface area (Å²) in [5.74, 6) is 1.77. The van der Waals surface area contributed by atoms with Gasteiger partial charge in [0.25, 0.3) is 0 Å². The average Bonchev–Trinajstić information content (AvgIpc) is 3.38. The Balaban J connectivity index is 0.00000150. The summed E-state index contributed by atoms with van der Waals surface area (Å²) in [6, 6.07) is 8.93. The topological polar surface area (TPSA) is 53.6 Å². The monoisotopic (exact) mass is 443 g/mol. The van der Waals surface area contributed by atoms with E-state index < -0.39 is 0 Å². The molecule has 2 saturated heterocycles. The number of carbonyl (C=O) groups excluding carboxylic acids is 1. The summed E-state index contributed by atoms with van der Waals surface area (Å²) in [7, 11) is 1.72. The Labute approximate surface area is 187 Å². The summed E-state index contributed by atoms with van der Waals surface area (Å²) in [5.41, 5.74) is 1.18. The lowest BCUT2D eigenvalue weighted by atomic mass is 9.85. The first kappa shape index (κ1) is 24.3. The number of nitrogens with zero attached hydrogens (tertiary/aromatic N) is 1. The molecule has 0 spiro atoms. The molecule has 0 radical (unpaired) electrons. The Morgan fingerprint density at radius 2 is 1.90 bits per heavy atom. The van der Waals surface area contributed by atoms with Gasteiger partial charge in [0.2, 0.25) is 5.91 Å². The van der Waals surface area contributed by atoms with Crippen LogP contribution < -0.4 is 15.4 Å². The van der Waals surface area contributed by atoms with Gasteiger partial charge in [0.05, 0.1) is 19.2 Å². The van der Waals surface area contributed by atoms with Crippen LogP contribution in [-0.2, 0) is 4.79 Å². The van der Waals surface area contributed by atoms with Crippen molar-refractivity contribution in [3.05, 3.63) is 29.8 Å². The maximum absolute atomic E-state index is 12.9. The van der Waals surface area contributed by atoms with Crippen LogP contribution in [0.3, 0.4) is 0 Å². The van der Waals surface area contributed by atoms with Gasteiger partial charge in [0, 0.05) is 18.2 Å². The highest BCUT2D eigenvalue weighted by Gasteiger charge is 2.38. The van der Waals surface area contributed by atoms with E-state index in [1.165, 1.54) is 44.1 Å². The van der Waals surface area contributed by atoms with Crippen LogP contribution in [0.15, 0.2) is 24.3 Å². The van der Waals surface area contributed by atoms with Crippen LogP contribution in [0.4, 0.5) is 0 Å². The van der Waals surface area contributed by atoms with E-state index in [-0.39, 0.29) is 42.8 Å². The molecular weight excluding hydrogens is 409 g/mol. The lowest BCUT2D eigenvalue weighted by molar-refractivity contribution is -0.123. The number of amides is 1. The highest BCUT2D eigenvalue weighted by Crippen LogP contribution is 2.34. The zero-order valence-corrected chi connectivity index (χ0v) is 18.9. The predicted molar refractivity (Wildman–Crippen MR) is 121 cm³/mol. The van der Waals surface area contributed by atoms with Crippen molar-refractivity contribution in [1.82, 2.24) is 15.5 Å². The van der Waals surface area contributed by atoms with E-state index in [1.54, 1.807) is 7.11 Å². The number of methoxy groups -OCH3 is 1. The molecule has 1 aromatic rings. The number of rotatable bonds is 6. The van der Waals surface area contributed by atoms with E-state index in [0.29, 0.717) is 18.5 Å². The Kier molecular flexibility index (Phi) is 9.54. The fourth-order valence-corrected chi connectivity index (χ4v) is 5.27. The van der Waals surface area contributed by atoms with Gasteiger partial charge >= 0.3 is 0 Å². The first-order valence-electron chi connectivity index (χ1n) is 10.7. The molecule has 3 aliphatic rings. The zero-order chi connectivity index (χ0) is 18.6. The molecule has 1 amide bonds. The second-order valence-electron chi connectivity index (χ2n) is 8.35. The summed E-state index contributed by atoms with van der Waals surface area (Å²) in [5, 5.41) is 6.86. The van der Waals surface area contributed by atoms with Crippen LogP contribution in [0.25, 0.3) is 0 Å². The lowest BCUT2D eigenvalue weighted by Gasteiger charge is -2.29. The summed E-state index contributed by atoms with van der Waals surface area (Å²) in [6.07, 6.45) is 8.58. The molecule has 1 aliphatic carbocycles. The lowest BCUT2D eigenvalue weighted by Crippen LogP contribution is -2.45. The van der Waals surface area contributed by atoms with Gasteiger partial charge in [-0.2, -0.15) is 0 Å². The van der Waals surface area contributed by atoms with Gasteiger partial charge in [-0.05, 0) is 57.2 Å². The Bertz CT molecular complexity index is 641. The summed E-state index contributed by atoms with van der Waals surface area (Å²) in [4.78, 5) is 15.4. The largest absolute Gasteiger partial charge is 0.496 e. The van der Waals surface area contributed by atoms with Crippen molar-refractivity contribution in [3.8, 4) is 5.75 Å². The molecule has 0 bridgehead atoms. The molecule has 0 aromatic heterocycles. The minimum absolute atomic E-state index is 0. The van der Waals surface area contributed by atoms with Crippen molar-refractivity contribution >= 4 is 30.7 Å². The van der Waals surface area contributed by atoms with Gasteiger partial charge in [-0.1, -0.05) is 31.0 Å². The molecule has 1 aromatic carbocycles. The third-order valence-electron chi connectivity index (χ3n) is 6.73. The van der Waals surface area contributed by atoms with Crippen LogP contribution in [0, 0.1) is 5.92 Å². The highest BCUT2D eigenvalue weighted by molar-refractivity contribution is 5.85. The fourth-order valence-electron chi connectivity index (χ4n) is 5.27. The van der Waals surface area contributed by atoms with Crippen molar-refractivity contribution < 1.29 is 9.53 Å². The maximum atomic E-state index is 12.9. The number of ether oxygens (including phenoxy) is 1. The summed E-state index contributed by atoms with van der Waals surface area (Å²) < 4.78 is 5.60. The number of fused-ring (bicyclic) bond motifs is 1. The Morgan fingerprint density at radius 3 is 2.62 bits per heavy atom. The molecule has 2 aliphatic heterocycles. The van der Waals surface area contributed by atoms with Crippen molar-refractivity contribution in [2.45, 2.75) is 63.1 Å². The van der Waals surface area contributed by atoms with Crippen LogP contribution in [0.1, 0.15) is 56.6 Å². The number of likely N-dealkylation sites (tertiary alicyclic amines) is 1. The molecule has 2 heterocycles. The minimum atomic E-state index is -0.0185.